The molecule has 1 aromatic rings. The van der Waals surface area contributed by atoms with Gasteiger partial charge in [0.05, 0.1) is 12.3 Å². The molecule has 0 aliphatic carbocycles. The molecule has 1 N–H and O–H groups in total. The predicted molar refractivity (Wildman–Crippen MR) is 61.8 cm³/mol. The minimum atomic E-state index is 0.658. The Morgan fingerprint density at radius 1 is 1.47 bits per heavy atom. The molecule has 1 aliphatic rings. The molecule has 0 fully saturated rings. The predicted octanol–water partition coefficient (Wildman–Crippen LogP) is 1.73. The molecule has 0 unspecified atom stereocenters. The van der Waals surface area contributed by atoms with Gasteiger partial charge in [0.2, 0.25) is 5.88 Å². The quantitative estimate of drug-likeness (QED) is 0.819. The molecule has 0 radical (unpaired) electrons. The van der Waals surface area contributed by atoms with Crippen LogP contribution in [-0.2, 0) is 0 Å². The zero-order valence-electron chi connectivity index (χ0n) is 9.29. The van der Waals surface area contributed by atoms with E-state index >= 15 is 0 Å². The maximum absolute atomic E-state index is 5.40. The molecule has 0 atom stereocenters. The average molecular weight is 207 g/mol. The van der Waals surface area contributed by atoms with Crippen LogP contribution < -0.4 is 15.0 Å². The van der Waals surface area contributed by atoms with Crippen LogP contribution in [0.1, 0.15) is 13.8 Å². The Labute approximate surface area is 90.3 Å². The van der Waals surface area contributed by atoms with E-state index in [1.807, 2.05) is 19.1 Å². The van der Waals surface area contributed by atoms with Gasteiger partial charge in [-0.1, -0.05) is 0 Å². The fraction of sp³-hybridized carbons (Fsp3) is 0.545. The Morgan fingerprint density at radius 3 is 3.07 bits per heavy atom. The van der Waals surface area contributed by atoms with Gasteiger partial charge in [0.25, 0.3) is 0 Å². The summed E-state index contributed by atoms with van der Waals surface area (Å²) in [6.45, 7) is 7.74. The van der Waals surface area contributed by atoms with Crippen molar-refractivity contribution in [2.24, 2.45) is 0 Å². The standard InChI is InChI=1S/C11H17N3O/c1-3-14-8-7-12-9-5-6-10(15-4-2)13-11(9)14/h5-6,12H,3-4,7-8H2,1-2H3. The number of nitrogens with one attached hydrogen (secondary N) is 1. The van der Waals surface area contributed by atoms with Crippen molar-refractivity contribution in [3.63, 3.8) is 0 Å². The zero-order chi connectivity index (χ0) is 10.7. The lowest BCUT2D eigenvalue weighted by Gasteiger charge is -2.29. The number of pyridine rings is 1. The molecule has 1 aromatic heterocycles. The highest BCUT2D eigenvalue weighted by molar-refractivity contribution is 5.68. The van der Waals surface area contributed by atoms with Gasteiger partial charge in [0, 0.05) is 25.7 Å². The minimum Gasteiger partial charge on any atom is -0.478 e. The molecule has 0 amide bonds. The molecule has 4 heteroatoms. The number of nitrogens with zero attached hydrogens (tertiary/aromatic N) is 2. The van der Waals surface area contributed by atoms with Crippen molar-refractivity contribution in [1.29, 1.82) is 0 Å². The van der Waals surface area contributed by atoms with Gasteiger partial charge in [-0.05, 0) is 19.9 Å². The Morgan fingerprint density at radius 2 is 2.33 bits per heavy atom. The van der Waals surface area contributed by atoms with Crippen LogP contribution in [-0.4, -0.2) is 31.2 Å². The summed E-state index contributed by atoms with van der Waals surface area (Å²) in [4.78, 5) is 6.75. The van der Waals surface area contributed by atoms with Crippen LogP contribution in [0.4, 0.5) is 11.5 Å². The molecule has 0 spiro atoms. The Hall–Kier alpha value is -1.45. The number of likely N-dealkylation sites (N-methyl/N-ethyl adjacent to an activating group) is 1. The van der Waals surface area contributed by atoms with E-state index in [2.05, 4.69) is 22.1 Å². The first kappa shape index (κ1) is 10.1. The molecule has 82 valence electrons. The van der Waals surface area contributed by atoms with E-state index in [0.717, 1.165) is 31.1 Å². The van der Waals surface area contributed by atoms with Gasteiger partial charge in [-0.25, -0.2) is 0 Å². The van der Waals surface area contributed by atoms with Crippen LogP contribution in [0.3, 0.4) is 0 Å². The van der Waals surface area contributed by atoms with E-state index in [4.69, 9.17) is 4.74 Å². The van der Waals surface area contributed by atoms with Crippen molar-refractivity contribution in [1.82, 2.24) is 4.98 Å². The van der Waals surface area contributed by atoms with Crippen LogP contribution in [0, 0.1) is 0 Å². The second-order valence-electron chi connectivity index (χ2n) is 3.46. The van der Waals surface area contributed by atoms with E-state index in [1.54, 1.807) is 0 Å². The summed E-state index contributed by atoms with van der Waals surface area (Å²) in [5.41, 5.74) is 1.10. The summed E-state index contributed by atoms with van der Waals surface area (Å²) in [5.74, 6) is 1.72. The molecular formula is C11H17N3O. The van der Waals surface area contributed by atoms with Gasteiger partial charge in [0.1, 0.15) is 0 Å². The maximum atomic E-state index is 5.40. The number of anilines is 2. The number of ether oxygens (including phenoxy) is 1. The van der Waals surface area contributed by atoms with Gasteiger partial charge in [-0.2, -0.15) is 4.98 Å². The fourth-order valence-electron chi connectivity index (χ4n) is 1.78. The molecule has 2 rings (SSSR count). The van der Waals surface area contributed by atoms with Crippen molar-refractivity contribution in [2.45, 2.75) is 13.8 Å². The smallest absolute Gasteiger partial charge is 0.215 e. The molecular weight excluding hydrogens is 190 g/mol. The third-order valence-corrected chi connectivity index (χ3v) is 2.52. The molecule has 2 heterocycles. The first-order valence-electron chi connectivity index (χ1n) is 5.47. The lowest BCUT2D eigenvalue weighted by atomic mass is 10.3. The van der Waals surface area contributed by atoms with Crippen LogP contribution in [0.2, 0.25) is 0 Å². The third-order valence-electron chi connectivity index (χ3n) is 2.52. The molecule has 0 saturated carbocycles. The van der Waals surface area contributed by atoms with Crippen LogP contribution in [0.5, 0.6) is 5.88 Å². The highest BCUT2D eigenvalue weighted by Crippen LogP contribution is 2.28. The number of hydrogen-bond acceptors (Lipinski definition) is 4. The van der Waals surface area contributed by atoms with Gasteiger partial charge in [0.15, 0.2) is 5.82 Å². The molecule has 0 aromatic carbocycles. The number of aromatic nitrogens is 1. The monoisotopic (exact) mass is 207 g/mol. The van der Waals surface area contributed by atoms with Crippen molar-refractivity contribution in [2.75, 3.05) is 36.5 Å². The van der Waals surface area contributed by atoms with Crippen molar-refractivity contribution < 1.29 is 4.74 Å². The summed E-state index contributed by atoms with van der Waals surface area (Å²) in [6, 6.07) is 3.95. The van der Waals surface area contributed by atoms with Crippen molar-refractivity contribution in [3.8, 4) is 5.88 Å². The number of rotatable bonds is 3. The second-order valence-corrected chi connectivity index (χ2v) is 3.46. The second kappa shape index (κ2) is 4.38. The largest absolute Gasteiger partial charge is 0.478 e. The fourth-order valence-corrected chi connectivity index (χ4v) is 1.78. The highest BCUT2D eigenvalue weighted by Gasteiger charge is 2.16. The summed E-state index contributed by atoms with van der Waals surface area (Å²) in [6.07, 6.45) is 0. The van der Waals surface area contributed by atoms with Crippen LogP contribution in [0.25, 0.3) is 0 Å². The van der Waals surface area contributed by atoms with E-state index in [0.29, 0.717) is 12.5 Å². The van der Waals surface area contributed by atoms with E-state index in [9.17, 15) is 0 Å². The third kappa shape index (κ3) is 1.98. The molecule has 0 bridgehead atoms. The van der Waals surface area contributed by atoms with Gasteiger partial charge >= 0.3 is 0 Å². The van der Waals surface area contributed by atoms with Gasteiger partial charge in [-0.15, -0.1) is 0 Å². The lowest BCUT2D eigenvalue weighted by Crippen LogP contribution is -2.34. The summed E-state index contributed by atoms with van der Waals surface area (Å²) >= 11 is 0. The normalized spacial score (nSPS) is 14.4. The topological polar surface area (TPSA) is 37.4 Å². The minimum absolute atomic E-state index is 0.658. The average Bonchev–Trinajstić information content (AvgIpc) is 2.28. The Balaban J connectivity index is 2.30. The maximum Gasteiger partial charge on any atom is 0.215 e. The molecule has 0 saturated heterocycles. The summed E-state index contributed by atoms with van der Waals surface area (Å²) < 4.78 is 5.40. The van der Waals surface area contributed by atoms with Crippen LogP contribution in [0.15, 0.2) is 12.1 Å². The first-order valence-corrected chi connectivity index (χ1v) is 5.47. The van der Waals surface area contributed by atoms with E-state index in [1.165, 1.54) is 0 Å². The highest BCUT2D eigenvalue weighted by atomic mass is 16.5. The van der Waals surface area contributed by atoms with E-state index in [-0.39, 0.29) is 0 Å². The molecule has 15 heavy (non-hydrogen) atoms. The Bertz CT molecular complexity index is 341. The van der Waals surface area contributed by atoms with Crippen molar-refractivity contribution in [3.05, 3.63) is 12.1 Å². The first-order chi connectivity index (χ1) is 7.35. The van der Waals surface area contributed by atoms with Gasteiger partial charge in [-0.3, -0.25) is 0 Å². The molecule has 4 nitrogen and oxygen atoms in total. The molecule has 1 aliphatic heterocycles. The zero-order valence-corrected chi connectivity index (χ0v) is 9.29. The number of fused-ring (bicyclic) bond motifs is 1. The van der Waals surface area contributed by atoms with Crippen LogP contribution >= 0.6 is 0 Å². The van der Waals surface area contributed by atoms with Gasteiger partial charge < -0.3 is 15.0 Å². The summed E-state index contributed by atoms with van der Waals surface area (Å²) in [7, 11) is 0. The van der Waals surface area contributed by atoms with E-state index < -0.39 is 0 Å². The Kier molecular flexibility index (Phi) is 2.94. The summed E-state index contributed by atoms with van der Waals surface area (Å²) in [5, 5.41) is 3.34. The lowest BCUT2D eigenvalue weighted by molar-refractivity contribution is 0.327. The van der Waals surface area contributed by atoms with Crippen molar-refractivity contribution >= 4 is 11.5 Å². The number of hydrogen-bond donors (Lipinski definition) is 1. The SMILES string of the molecule is CCOc1ccc2c(n1)N(CC)CCN2.